The molecule has 0 spiro atoms. The van der Waals surface area contributed by atoms with Gasteiger partial charge in [-0.15, -0.1) is 0 Å². The van der Waals surface area contributed by atoms with Gasteiger partial charge in [0.15, 0.2) is 0 Å². The number of nitrogens with two attached hydrogens (primary N) is 1. The summed E-state index contributed by atoms with van der Waals surface area (Å²) in [4.78, 5) is 14.7. The molecule has 0 bridgehead atoms. The first-order chi connectivity index (χ1) is 11.2. The van der Waals surface area contributed by atoms with E-state index in [9.17, 15) is 4.79 Å². The molecule has 0 radical (unpaired) electrons. The third-order valence-electron chi connectivity index (χ3n) is 4.22. The summed E-state index contributed by atoms with van der Waals surface area (Å²) in [6.45, 7) is 2.18. The van der Waals surface area contributed by atoms with Crippen molar-refractivity contribution in [1.29, 1.82) is 0 Å². The summed E-state index contributed by atoms with van der Waals surface area (Å²) < 4.78 is 0. The van der Waals surface area contributed by atoms with Gasteiger partial charge >= 0.3 is 0 Å². The highest BCUT2D eigenvalue weighted by atomic mass is 16.1. The maximum atomic E-state index is 12.3. The Hall–Kier alpha value is -2.49. The first-order valence-electron chi connectivity index (χ1n) is 8.24. The Balaban J connectivity index is 1.73. The highest BCUT2D eigenvalue weighted by Gasteiger charge is 2.11. The largest absolute Gasteiger partial charge is 0.399 e. The number of nitrogens with zero attached hydrogens (tertiary/aromatic N) is 1. The summed E-state index contributed by atoms with van der Waals surface area (Å²) in [6, 6.07) is 15.1. The van der Waals surface area contributed by atoms with Crippen molar-refractivity contribution in [2.75, 3.05) is 29.0 Å². The Bertz CT molecular complexity index is 676. The van der Waals surface area contributed by atoms with Gasteiger partial charge in [-0.05, 0) is 49.2 Å². The zero-order valence-corrected chi connectivity index (χ0v) is 13.3. The van der Waals surface area contributed by atoms with Gasteiger partial charge < -0.3 is 16.0 Å². The van der Waals surface area contributed by atoms with Crippen LogP contribution in [0.25, 0.3) is 0 Å². The molecule has 0 atom stereocenters. The van der Waals surface area contributed by atoms with Crippen molar-refractivity contribution in [3.05, 3.63) is 54.1 Å². The number of nitrogen functional groups attached to an aromatic ring is 1. The fourth-order valence-electron chi connectivity index (χ4n) is 2.99. The molecule has 0 aromatic heterocycles. The Labute approximate surface area is 137 Å². The maximum Gasteiger partial charge on any atom is 0.255 e. The van der Waals surface area contributed by atoms with Gasteiger partial charge in [-0.1, -0.05) is 25.0 Å². The summed E-state index contributed by atoms with van der Waals surface area (Å²) in [5.74, 6) is -0.134. The molecule has 1 amide bonds. The average molecular weight is 309 g/mol. The average Bonchev–Trinajstić information content (AvgIpc) is 2.84. The van der Waals surface area contributed by atoms with Crippen LogP contribution in [0.1, 0.15) is 36.0 Å². The lowest BCUT2D eigenvalue weighted by molar-refractivity contribution is 0.102. The molecule has 0 aliphatic carbocycles. The van der Waals surface area contributed by atoms with Crippen LogP contribution in [0.3, 0.4) is 0 Å². The van der Waals surface area contributed by atoms with Gasteiger partial charge in [0.25, 0.3) is 5.91 Å². The van der Waals surface area contributed by atoms with Crippen molar-refractivity contribution in [2.24, 2.45) is 0 Å². The van der Waals surface area contributed by atoms with Gasteiger partial charge in [0.2, 0.25) is 0 Å². The summed E-state index contributed by atoms with van der Waals surface area (Å²) in [5.41, 5.74) is 8.90. The number of amides is 1. The maximum absolute atomic E-state index is 12.3. The van der Waals surface area contributed by atoms with E-state index >= 15 is 0 Å². The zero-order valence-electron chi connectivity index (χ0n) is 13.3. The predicted octanol–water partition coefficient (Wildman–Crippen LogP) is 3.90. The number of hydrogen-bond acceptors (Lipinski definition) is 3. The normalized spacial score (nSPS) is 15.0. The number of carbonyl (C=O) groups is 1. The molecule has 23 heavy (non-hydrogen) atoms. The molecule has 1 saturated heterocycles. The quantitative estimate of drug-likeness (QED) is 0.845. The van der Waals surface area contributed by atoms with Gasteiger partial charge in [-0.3, -0.25) is 4.79 Å². The van der Waals surface area contributed by atoms with Crippen molar-refractivity contribution in [3.8, 4) is 0 Å². The van der Waals surface area contributed by atoms with Crippen LogP contribution in [-0.2, 0) is 0 Å². The van der Waals surface area contributed by atoms with E-state index in [1.165, 1.54) is 31.4 Å². The fraction of sp³-hybridized carbons (Fsp3) is 0.316. The minimum atomic E-state index is -0.134. The first kappa shape index (κ1) is 15.4. The van der Waals surface area contributed by atoms with E-state index < -0.39 is 0 Å². The Morgan fingerprint density at radius 2 is 1.70 bits per heavy atom. The third-order valence-corrected chi connectivity index (χ3v) is 4.22. The van der Waals surface area contributed by atoms with Crippen LogP contribution in [0.2, 0.25) is 0 Å². The molecule has 1 aliphatic rings. The molecule has 2 aromatic rings. The van der Waals surface area contributed by atoms with E-state index in [4.69, 9.17) is 5.73 Å². The lowest BCUT2D eigenvalue weighted by Gasteiger charge is -2.23. The van der Waals surface area contributed by atoms with Crippen LogP contribution >= 0.6 is 0 Å². The van der Waals surface area contributed by atoms with Crippen LogP contribution in [0, 0.1) is 0 Å². The minimum Gasteiger partial charge on any atom is -0.399 e. The Morgan fingerprint density at radius 3 is 2.43 bits per heavy atom. The van der Waals surface area contributed by atoms with E-state index in [0.29, 0.717) is 11.3 Å². The van der Waals surface area contributed by atoms with Crippen LogP contribution in [0.15, 0.2) is 48.5 Å². The number of nitrogens with one attached hydrogen (secondary N) is 1. The lowest BCUT2D eigenvalue weighted by atomic mass is 10.2. The van der Waals surface area contributed by atoms with Gasteiger partial charge in [0.1, 0.15) is 0 Å². The predicted molar refractivity (Wildman–Crippen MR) is 95.9 cm³/mol. The second-order valence-electron chi connectivity index (χ2n) is 6.03. The SMILES string of the molecule is Nc1cccc(C(=O)Nc2cccc(N3CCCCCC3)c2)c1. The summed E-state index contributed by atoms with van der Waals surface area (Å²) >= 11 is 0. The van der Waals surface area contributed by atoms with Crippen LogP contribution in [0.4, 0.5) is 17.1 Å². The molecule has 4 nitrogen and oxygen atoms in total. The fourth-order valence-corrected chi connectivity index (χ4v) is 2.99. The van der Waals surface area contributed by atoms with Crippen LogP contribution in [0.5, 0.6) is 0 Å². The van der Waals surface area contributed by atoms with Gasteiger partial charge in [-0.2, -0.15) is 0 Å². The highest BCUT2D eigenvalue weighted by molar-refractivity contribution is 6.04. The van der Waals surface area contributed by atoms with Gasteiger partial charge in [0.05, 0.1) is 0 Å². The van der Waals surface area contributed by atoms with Gasteiger partial charge in [0, 0.05) is 35.7 Å². The van der Waals surface area contributed by atoms with Crippen molar-refractivity contribution in [2.45, 2.75) is 25.7 Å². The van der Waals surface area contributed by atoms with E-state index in [0.717, 1.165) is 18.8 Å². The smallest absolute Gasteiger partial charge is 0.255 e. The summed E-state index contributed by atoms with van der Waals surface area (Å²) in [5, 5.41) is 2.96. The standard InChI is InChI=1S/C19H23N3O/c20-16-8-5-7-15(13-16)19(23)21-17-9-6-10-18(14-17)22-11-3-1-2-4-12-22/h5-10,13-14H,1-4,11-12,20H2,(H,21,23). The number of carbonyl (C=O) groups excluding carboxylic acids is 1. The molecule has 2 aromatic carbocycles. The molecule has 1 fully saturated rings. The monoisotopic (exact) mass is 309 g/mol. The highest BCUT2D eigenvalue weighted by Crippen LogP contribution is 2.23. The molecule has 1 heterocycles. The molecule has 120 valence electrons. The molecule has 0 unspecified atom stereocenters. The number of hydrogen-bond donors (Lipinski definition) is 2. The molecular weight excluding hydrogens is 286 g/mol. The van der Waals surface area contributed by atoms with E-state index in [1.807, 2.05) is 12.1 Å². The molecule has 3 rings (SSSR count). The number of anilines is 3. The summed E-state index contributed by atoms with van der Waals surface area (Å²) in [7, 11) is 0. The molecule has 3 N–H and O–H groups in total. The van der Waals surface area contributed by atoms with Crippen molar-refractivity contribution in [1.82, 2.24) is 0 Å². The Kier molecular flexibility index (Phi) is 4.81. The molecule has 4 heteroatoms. The molecule has 1 aliphatic heterocycles. The van der Waals surface area contributed by atoms with Crippen LogP contribution in [-0.4, -0.2) is 19.0 Å². The van der Waals surface area contributed by atoms with Crippen molar-refractivity contribution in [3.63, 3.8) is 0 Å². The number of benzene rings is 2. The Morgan fingerprint density at radius 1 is 0.957 bits per heavy atom. The van der Waals surface area contributed by atoms with Crippen LogP contribution < -0.4 is 16.0 Å². The topological polar surface area (TPSA) is 58.4 Å². The lowest BCUT2D eigenvalue weighted by Crippen LogP contribution is -2.24. The third kappa shape index (κ3) is 4.03. The number of rotatable bonds is 3. The summed E-state index contributed by atoms with van der Waals surface area (Å²) in [6.07, 6.45) is 5.09. The van der Waals surface area contributed by atoms with Gasteiger partial charge in [-0.25, -0.2) is 0 Å². The zero-order chi connectivity index (χ0) is 16.1. The molecule has 0 saturated carbocycles. The first-order valence-corrected chi connectivity index (χ1v) is 8.24. The van der Waals surface area contributed by atoms with Crippen molar-refractivity contribution >= 4 is 23.0 Å². The van der Waals surface area contributed by atoms with E-state index in [1.54, 1.807) is 24.3 Å². The second kappa shape index (κ2) is 7.18. The van der Waals surface area contributed by atoms with E-state index in [2.05, 4.69) is 22.3 Å². The van der Waals surface area contributed by atoms with E-state index in [-0.39, 0.29) is 5.91 Å². The second-order valence-corrected chi connectivity index (χ2v) is 6.03. The molecular formula is C19H23N3O. The van der Waals surface area contributed by atoms with Crippen molar-refractivity contribution < 1.29 is 4.79 Å². The minimum absolute atomic E-state index is 0.134.